The number of methoxy groups -OCH3 is 1. The first-order chi connectivity index (χ1) is 15.0. The molecular weight excluding hydrogens is 404 g/mol. The molecule has 0 bridgehead atoms. The van der Waals surface area contributed by atoms with Gasteiger partial charge in [0.25, 0.3) is 5.91 Å². The van der Waals surface area contributed by atoms with Gasteiger partial charge in [0.15, 0.2) is 5.43 Å². The lowest BCUT2D eigenvalue weighted by Gasteiger charge is -2.25. The number of fused-ring (bicyclic) bond motifs is 2. The summed E-state index contributed by atoms with van der Waals surface area (Å²) in [4.78, 5) is 28.1. The van der Waals surface area contributed by atoms with E-state index in [4.69, 9.17) is 9.15 Å². The molecule has 7 heteroatoms. The molecule has 1 aromatic heterocycles. The van der Waals surface area contributed by atoms with E-state index in [-0.39, 0.29) is 22.3 Å². The molecule has 0 aliphatic carbocycles. The van der Waals surface area contributed by atoms with Gasteiger partial charge in [-0.05, 0) is 60.2 Å². The summed E-state index contributed by atoms with van der Waals surface area (Å²) in [5.41, 5.74) is 0.699. The molecule has 1 amide bonds. The Morgan fingerprint density at radius 2 is 1.68 bits per heavy atom. The van der Waals surface area contributed by atoms with E-state index < -0.39 is 29.0 Å². The molecule has 154 valence electrons. The first kappa shape index (κ1) is 19.0. The van der Waals surface area contributed by atoms with Crippen LogP contribution in [0.25, 0.3) is 11.0 Å². The van der Waals surface area contributed by atoms with Crippen LogP contribution in [0.1, 0.15) is 27.7 Å². The van der Waals surface area contributed by atoms with Gasteiger partial charge in [-0.25, -0.2) is 8.78 Å². The van der Waals surface area contributed by atoms with Crippen LogP contribution in [0.4, 0.5) is 14.5 Å². The second-order valence-corrected chi connectivity index (χ2v) is 7.15. The Morgan fingerprint density at radius 3 is 2.42 bits per heavy atom. The first-order valence-electron chi connectivity index (χ1n) is 9.47. The van der Waals surface area contributed by atoms with Crippen LogP contribution in [0.15, 0.2) is 75.9 Å². The van der Waals surface area contributed by atoms with Gasteiger partial charge < -0.3 is 9.15 Å². The van der Waals surface area contributed by atoms with Gasteiger partial charge in [0, 0.05) is 5.69 Å². The summed E-state index contributed by atoms with van der Waals surface area (Å²) >= 11 is 0. The van der Waals surface area contributed by atoms with Crippen molar-refractivity contribution in [3.8, 4) is 5.75 Å². The molecule has 31 heavy (non-hydrogen) atoms. The molecule has 0 saturated carbocycles. The SMILES string of the molecule is COc1cccc(C2c3c(oc4ccc(F)cc4c3=O)C(=O)N2c2ccc(F)cc2)c1. The molecule has 1 aliphatic heterocycles. The van der Waals surface area contributed by atoms with Gasteiger partial charge in [-0.2, -0.15) is 0 Å². The molecule has 4 aromatic rings. The van der Waals surface area contributed by atoms with Crippen LogP contribution < -0.4 is 15.1 Å². The molecule has 0 fully saturated rings. The summed E-state index contributed by atoms with van der Waals surface area (Å²) < 4.78 is 38.4. The van der Waals surface area contributed by atoms with E-state index in [0.29, 0.717) is 17.0 Å². The van der Waals surface area contributed by atoms with Gasteiger partial charge in [-0.3, -0.25) is 14.5 Å². The molecule has 0 spiro atoms. The van der Waals surface area contributed by atoms with Crippen molar-refractivity contribution >= 4 is 22.6 Å². The average Bonchev–Trinajstić information content (AvgIpc) is 3.07. The summed E-state index contributed by atoms with van der Waals surface area (Å²) in [6, 6.07) is 15.0. The summed E-state index contributed by atoms with van der Waals surface area (Å²) in [6.07, 6.45) is 0. The molecule has 0 saturated heterocycles. The van der Waals surface area contributed by atoms with Gasteiger partial charge >= 0.3 is 0 Å². The number of hydrogen-bond donors (Lipinski definition) is 0. The zero-order chi connectivity index (χ0) is 21.7. The fourth-order valence-corrected chi connectivity index (χ4v) is 3.94. The molecule has 5 nitrogen and oxygen atoms in total. The zero-order valence-electron chi connectivity index (χ0n) is 16.3. The molecule has 3 aromatic carbocycles. The molecule has 0 radical (unpaired) electrons. The lowest BCUT2D eigenvalue weighted by molar-refractivity contribution is 0.0971. The van der Waals surface area contributed by atoms with Gasteiger partial charge in [0.1, 0.15) is 23.0 Å². The number of anilines is 1. The molecule has 1 aliphatic rings. The normalized spacial score (nSPS) is 15.4. The fraction of sp³-hybridized carbons (Fsp3) is 0.0833. The summed E-state index contributed by atoms with van der Waals surface area (Å²) in [6.45, 7) is 0. The first-order valence-corrected chi connectivity index (χ1v) is 9.47. The lowest BCUT2D eigenvalue weighted by atomic mass is 9.98. The van der Waals surface area contributed by atoms with Crippen LogP contribution in [-0.2, 0) is 0 Å². The molecule has 0 N–H and O–H groups in total. The number of carbonyl (C=O) groups excluding carboxylic acids is 1. The van der Waals surface area contributed by atoms with E-state index in [1.165, 1.54) is 42.3 Å². The topological polar surface area (TPSA) is 59.8 Å². The number of hydrogen-bond acceptors (Lipinski definition) is 4. The van der Waals surface area contributed by atoms with Gasteiger partial charge in [-0.15, -0.1) is 0 Å². The van der Waals surface area contributed by atoms with E-state index in [1.807, 2.05) is 0 Å². The molecule has 2 heterocycles. The highest BCUT2D eigenvalue weighted by Gasteiger charge is 2.43. The van der Waals surface area contributed by atoms with Crippen molar-refractivity contribution in [1.82, 2.24) is 0 Å². The van der Waals surface area contributed by atoms with E-state index in [0.717, 1.165) is 12.1 Å². The van der Waals surface area contributed by atoms with Crippen molar-refractivity contribution in [2.24, 2.45) is 0 Å². The molecule has 5 rings (SSSR count). The number of nitrogens with zero attached hydrogens (tertiary/aromatic N) is 1. The summed E-state index contributed by atoms with van der Waals surface area (Å²) in [7, 11) is 1.51. The summed E-state index contributed by atoms with van der Waals surface area (Å²) in [5.74, 6) is -1.17. The smallest absolute Gasteiger partial charge is 0.295 e. The van der Waals surface area contributed by atoms with Crippen LogP contribution in [0.2, 0.25) is 0 Å². The maximum atomic E-state index is 13.8. The third kappa shape index (κ3) is 2.97. The van der Waals surface area contributed by atoms with Gasteiger partial charge in [-0.1, -0.05) is 12.1 Å². The third-order valence-corrected chi connectivity index (χ3v) is 5.35. The zero-order valence-corrected chi connectivity index (χ0v) is 16.3. The Kier molecular flexibility index (Phi) is 4.32. The Balaban J connectivity index is 1.82. The van der Waals surface area contributed by atoms with Crippen LogP contribution in [0.5, 0.6) is 5.75 Å². The molecular formula is C24H15F2NO4. The minimum atomic E-state index is -0.855. The number of benzene rings is 3. The number of ether oxygens (including phenoxy) is 1. The van der Waals surface area contributed by atoms with E-state index in [9.17, 15) is 18.4 Å². The fourth-order valence-electron chi connectivity index (χ4n) is 3.94. The quantitative estimate of drug-likeness (QED) is 0.477. The minimum absolute atomic E-state index is 0.0420. The van der Waals surface area contributed by atoms with Crippen LogP contribution in [0, 0.1) is 11.6 Å². The van der Waals surface area contributed by atoms with Crippen molar-refractivity contribution in [1.29, 1.82) is 0 Å². The number of amides is 1. The van der Waals surface area contributed by atoms with Gasteiger partial charge in [0.2, 0.25) is 5.76 Å². The largest absolute Gasteiger partial charge is 0.497 e. The van der Waals surface area contributed by atoms with Crippen LogP contribution >= 0.6 is 0 Å². The minimum Gasteiger partial charge on any atom is -0.497 e. The Labute approximate surface area is 175 Å². The third-order valence-electron chi connectivity index (χ3n) is 5.35. The number of halogens is 2. The van der Waals surface area contributed by atoms with Crippen molar-refractivity contribution in [3.05, 3.63) is 105 Å². The van der Waals surface area contributed by atoms with Crippen LogP contribution in [-0.4, -0.2) is 13.0 Å². The van der Waals surface area contributed by atoms with Crippen LogP contribution in [0.3, 0.4) is 0 Å². The highest BCUT2D eigenvalue weighted by Crippen LogP contribution is 2.41. The standard InChI is InChI=1S/C24H15F2NO4/c1-30-17-4-2-3-13(11-17)21-20-22(28)18-12-15(26)7-10-19(18)31-23(20)24(29)27(21)16-8-5-14(25)6-9-16/h2-12,21H,1H3. The monoisotopic (exact) mass is 419 g/mol. The summed E-state index contributed by atoms with van der Waals surface area (Å²) in [5, 5.41) is 0.0420. The predicted molar refractivity (Wildman–Crippen MR) is 110 cm³/mol. The van der Waals surface area contributed by atoms with E-state index in [2.05, 4.69) is 0 Å². The van der Waals surface area contributed by atoms with Crippen molar-refractivity contribution < 1.29 is 22.7 Å². The maximum absolute atomic E-state index is 13.8. The Hall–Kier alpha value is -4.00. The Morgan fingerprint density at radius 1 is 0.935 bits per heavy atom. The molecule has 1 atom stereocenters. The maximum Gasteiger partial charge on any atom is 0.295 e. The van der Waals surface area contributed by atoms with Crippen molar-refractivity contribution in [2.75, 3.05) is 12.0 Å². The van der Waals surface area contributed by atoms with E-state index in [1.54, 1.807) is 24.3 Å². The number of carbonyl (C=O) groups is 1. The second kappa shape index (κ2) is 7.05. The molecule has 1 unspecified atom stereocenters. The van der Waals surface area contributed by atoms with Crippen molar-refractivity contribution in [3.63, 3.8) is 0 Å². The average molecular weight is 419 g/mol. The number of rotatable bonds is 3. The lowest BCUT2D eigenvalue weighted by Crippen LogP contribution is -2.29. The van der Waals surface area contributed by atoms with Gasteiger partial charge in [0.05, 0.1) is 24.1 Å². The Bertz CT molecular complexity index is 1400. The highest BCUT2D eigenvalue weighted by atomic mass is 19.1. The predicted octanol–water partition coefficient (Wildman–Crippen LogP) is 4.83. The highest BCUT2D eigenvalue weighted by molar-refractivity contribution is 6.10. The van der Waals surface area contributed by atoms with Crippen molar-refractivity contribution in [2.45, 2.75) is 6.04 Å². The van der Waals surface area contributed by atoms with E-state index >= 15 is 0 Å². The second-order valence-electron chi connectivity index (χ2n) is 7.15.